The Morgan fingerprint density at radius 1 is 1.33 bits per heavy atom. The van der Waals surface area contributed by atoms with Gasteiger partial charge in [0.1, 0.15) is 17.1 Å². The summed E-state index contributed by atoms with van der Waals surface area (Å²) in [6.45, 7) is 7.86. The first-order valence-electron chi connectivity index (χ1n) is 6.97. The van der Waals surface area contributed by atoms with Crippen molar-refractivity contribution in [3.05, 3.63) is 51.9 Å². The summed E-state index contributed by atoms with van der Waals surface area (Å²) in [5.41, 5.74) is 6.96. The minimum Gasteiger partial charge on any atom is -0.492 e. The lowest BCUT2D eigenvalue weighted by Crippen LogP contribution is -2.37. The second kappa shape index (κ2) is 5.69. The fraction of sp³-hybridized carbons (Fsp3) is 0.375. The maximum absolute atomic E-state index is 12.1. The van der Waals surface area contributed by atoms with E-state index in [-0.39, 0.29) is 5.43 Å². The SMILES string of the molecule is CCOc1ccccc1-n1nc(C(C)(C)N)c(=O)cc1C. The number of hydrogen-bond donors (Lipinski definition) is 1. The molecule has 2 rings (SSSR count). The third kappa shape index (κ3) is 3.13. The fourth-order valence-electron chi connectivity index (χ4n) is 2.15. The van der Waals surface area contributed by atoms with Gasteiger partial charge in [0, 0.05) is 11.8 Å². The van der Waals surface area contributed by atoms with E-state index in [4.69, 9.17) is 10.5 Å². The van der Waals surface area contributed by atoms with E-state index in [1.807, 2.05) is 38.1 Å². The van der Waals surface area contributed by atoms with E-state index in [1.165, 1.54) is 0 Å². The molecule has 1 aromatic heterocycles. The Hall–Kier alpha value is -2.14. The van der Waals surface area contributed by atoms with Crippen molar-refractivity contribution in [1.29, 1.82) is 0 Å². The topological polar surface area (TPSA) is 70.1 Å². The molecule has 0 unspecified atom stereocenters. The van der Waals surface area contributed by atoms with Gasteiger partial charge in [0.15, 0.2) is 0 Å². The Labute approximate surface area is 124 Å². The third-order valence-electron chi connectivity index (χ3n) is 3.11. The summed E-state index contributed by atoms with van der Waals surface area (Å²) < 4.78 is 7.34. The van der Waals surface area contributed by atoms with E-state index in [1.54, 1.807) is 24.6 Å². The molecule has 5 heteroatoms. The average molecular weight is 287 g/mol. The maximum atomic E-state index is 12.1. The van der Waals surface area contributed by atoms with E-state index < -0.39 is 5.54 Å². The van der Waals surface area contributed by atoms with Crippen molar-refractivity contribution >= 4 is 0 Å². The monoisotopic (exact) mass is 287 g/mol. The number of nitrogens with two attached hydrogens (primary N) is 1. The molecule has 0 bridgehead atoms. The highest BCUT2D eigenvalue weighted by atomic mass is 16.5. The Morgan fingerprint density at radius 2 is 2.00 bits per heavy atom. The average Bonchev–Trinajstić information content (AvgIpc) is 2.39. The molecule has 2 N–H and O–H groups in total. The Kier molecular flexibility index (Phi) is 4.14. The van der Waals surface area contributed by atoms with E-state index in [0.717, 1.165) is 17.1 Å². The highest BCUT2D eigenvalue weighted by molar-refractivity contribution is 5.46. The molecule has 1 aromatic carbocycles. The summed E-state index contributed by atoms with van der Waals surface area (Å²) in [4.78, 5) is 12.1. The minimum absolute atomic E-state index is 0.148. The van der Waals surface area contributed by atoms with Gasteiger partial charge < -0.3 is 10.5 Å². The van der Waals surface area contributed by atoms with Crippen LogP contribution in [0.2, 0.25) is 0 Å². The number of ether oxygens (including phenoxy) is 1. The summed E-state index contributed by atoms with van der Waals surface area (Å²) >= 11 is 0. The van der Waals surface area contributed by atoms with Gasteiger partial charge in [-0.25, -0.2) is 4.68 Å². The van der Waals surface area contributed by atoms with Crippen LogP contribution in [-0.4, -0.2) is 16.4 Å². The van der Waals surface area contributed by atoms with Crippen LogP contribution in [0.15, 0.2) is 35.1 Å². The van der Waals surface area contributed by atoms with E-state index in [0.29, 0.717) is 12.3 Å². The molecule has 0 aliphatic rings. The zero-order valence-electron chi connectivity index (χ0n) is 12.9. The van der Waals surface area contributed by atoms with Crippen LogP contribution in [0.3, 0.4) is 0 Å². The lowest BCUT2D eigenvalue weighted by Gasteiger charge is -2.20. The van der Waals surface area contributed by atoms with Crippen LogP contribution in [0.1, 0.15) is 32.2 Å². The van der Waals surface area contributed by atoms with Crippen LogP contribution in [0.4, 0.5) is 0 Å². The molecule has 0 aliphatic heterocycles. The van der Waals surface area contributed by atoms with Crippen LogP contribution in [0.5, 0.6) is 5.75 Å². The number of hydrogen-bond acceptors (Lipinski definition) is 4. The first-order valence-corrected chi connectivity index (χ1v) is 6.97. The van der Waals surface area contributed by atoms with Gasteiger partial charge >= 0.3 is 0 Å². The molecule has 0 fully saturated rings. The van der Waals surface area contributed by atoms with Crippen molar-refractivity contribution in [2.45, 2.75) is 33.2 Å². The molecule has 0 amide bonds. The van der Waals surface area contributed by atoms with Gasteiger partial charge in [-0.05, 0) is 39.8 Å². The second-order valence-corrected chi connectivity index (χ2v) is 5.53. The summed E-state index contributed by atoms with van der Waals surface area (Å²) in [5, 5.41) is 4.46. The molecule has 112 valence electrons. The van der Waals surface area contributed by atoms with Crippen molar-refractivity contribution in [2.75, 3.05) is 6.61 Å². The second-order valence-electron chi connectivity index (χ2n) is 5.53. The Bertz CT molecular complexity index is 699. The summed E-state index contributed by atoms with van der Waals surface area (Å²) in [5.74, 6) is 0.722. The Balaban J connectivity index is 2.67. The summed E-state index contributed by atoms with van der Waals surface area (Å²) in [7, 11) is 0. The number of rotatable bonds is 4. The number of nitrogens with zero attached hydrogens (tertiary/aromatic N) is 2. The van der Waals surface area contributed by atoms with Crippen LogP contribution < -0.4 is 15.9 Å². The number of aryl methyl sites for hydroxylation is 1. The van der Waals surface area contributed by atoms with E-state index in [2.05, 4.69) is 5.10 Å². The summed E-state index contributed by atoms with van der Waals surface area (Å²) in [6, 6.07) is 9.15. The quantitative estimate of drug-likeness (QED) is 0.935. The molecule has 1 heterocycles. The van der Waals surface area contributed by atoms with Gasteiger partial charge in [-0.2, -0.15) is 5.10 Å². The lowest BCUT2D eigenvalue weighted by molar-refractivity contribution is 0.337. The lowest BCUT2D eigenvalue weighted by atomic mass is 10.0. The molecule has 0 saturated heterocycles. The van der Waals surface area contributed by atoms with E-state index >= 15 is 0 Å². The Morgan fingerprint density at radius 3 is 2.62 bits per heavy atom. The molecule has 0 atom stereocenters. The molecule has 5 nitrogen and oxygen atoms in total. The molecule has 0 spiro atoms. The number of aromatic nitrogens is 2. The first kappa shape index (κ1) is 15.3. The third-order valence-corrected chi connectivity index (χ3v) is 3.11. The highest BCUT2D eigenvalue weighted by Gasteiger charge is 2.22. The summed E-state index contributed by atoms with van der Waals surface area (Å²) in [6.07, 6.45) is 0. The maximum Gasteiger partial charge on any atom is 0.205 e. The predicted octanol–water partition coefficient (Wildman–Crippen LogP) is 2.13. The normalized spacial score (nSPS) is 11.5. The molecule has 0 aliphatic carbocycles. The molecule has 0 saturated carbocycles. The van der Waals surface area contributed by atoms with Gasteiger partial charge in [0.2, 0.25) is 5.43 Å². The zero-order valence-corrected chi connectivity index (χ0v) is 12.9. The standard InChI is InChI=1S/C16H21N3O2/c1-5-21-14-9-7-6-8-12(14)19-11(2)10-13(20)15(18-19)16(3,4)17/h6-10H,5,17H2,1-4H3. The van der Waals surface area contributed by atoms with Gasteiger partial charge in [-0.15, -0.1) is 0 Å². The van der Waals surface area contributed by atoms with Gasteiger partial charge in [0.05, 0.1) is 12.1 Å². The molecule has 2 aromatic rings. The predicted molar refractivity (Wildman–Crippen MR) is 83.0 cm³/mol. The van der Waals surface area contributed by atoms with Crippen molar-refractivity contribution < 1.29 is 4.74 Å². The minimum atomic E-state index is -0.799. The van der Waals surface area contributed by atoms with E-state index in [9.17, 15) is 4.79 Å². The van der Waals surface area contributed by atoms with Crippen LogP contribution >= 0.6 is 0 Å². The van der Waals surface area contributed by atoms with Gasteiger partial charge in [0.25, 0.3) is 0 Å². The first-order chi connectivity index (χ1) is 9.84. The number of para-hydroxylation sites is 2. The van der Waals surface area contributed by atoms with Crippen molar-refractivity contribution in [3.8, 4) is 11.4 Å². The van der Waals surface area contributed by atoms with Crippen molar-refractivity contribution in [2.24, 2.45) is 5.73 Å². The smallest absolute Gasteiger partial charge is 0.205 e. The molecule has 0 radical (unpaired) electrons. The number of benzene rings is 1. The van der Waals surface area contributed by atoms with Crippen LogP contribution in [0, 0.1) is 6.92 Å². The molecular weight excluding hydrogens is 266 g/mol. The highest BCUT2D eigenvalue weighted by Crippen LogP contribution is 2.23. The van der Waals surface area contributed by atoms with Crippen LogP contribution in [0.25, 0.3) is 5.69 Å². The van der Waals surface area contributed by atoms with Crippen LogP contribution in [-0.2, 0) is 5.54 Å². The van der Waals surface area contributed by atoms with Gasteiger partial charge in [-0.3, -0.25) is 4.79 Å². The van der Waals surface area contributed by atoms with Crippen molar-refractivity contribution in [1.82, 2.24) is 9.78 Å². The largest absolute Gasteiger partial charge is 0.492 e. The molecular formula is C16H21N3O2. The van der Waals surface area contributed by atoms with Gasteiger partial charge in [-0.1, -0.05) is 12.1 Å². The van der Waals surface area contributed by atoms with Crippen molar-refractivity contribution in [3.63, 3.8) is 0 Å². The molecule has 21 heavy (non-hydrogen) atoms. The fourth-order valence-corrected chi connectivity index (χ4v) is 2.15. The zero-order chi connectivity index (χ0) is 15.6.